The lowest BCUT2D eigenvalue weighted by Crippen LogP contribution is -2.38. The smallest absolute Gasteiger partial charge is 0.191 e. The van der Waals surface area contributed by atoms with Gasteiger partial charge in [-0.1, -0.05) is 18.2 Å². The number of nitrogens with zero attached hydrogens (tertiary/aromatic N) is 2. The van der Waals surface area contributed by atoms with Gasteiger partial charge >= 0.3 is 0 Å². The molecule has 2 aromatic carbocycles. The van der Waals surface area contributed by atoms with Crippen molar-refractivity contribution in [3.05, 3.63) is 59.4 Å². The van der Waals surface area contributed by atoms with Crippen molar-refractivity contribution in [1.82, 2.24) is 10.6 Å². The summed E-state index contributed by atoms with van der Waals surface area (Å²) in [5.74, 6) is -0.320. The number of aliphatic imine (C=N–C) groups is 1. The highest BCUT2D eigenvalue weighted by Crippen LogP contribution is 2.24. The fourth-order valence-corrected chi connectivity index (χ4v) is 3.30. The number of hydrogen-bond donors (Lipinski definition) is 3. The first-order valence-corrected chi connectivity index (χ1v) is 9.36. The molecule has 1 saturated heterocycles. The van der Waals surface area contributed by atoms with Crippen LogP contribution in [0.15, 0.2) is 47.5 Å². The molecule has 152 valence electrons. The van der Waals surface area contributed by atoms with Gasteiger partial charge < -0.3 is 20.6 Å². The number of benzene rings is 2. The van der Waals surface area contributed by atoms with Gasteiger partial charge in [0.1, 0.15) is 0 Å². The minimum atomic E-state index is -0.621. The van der Waals surface area contributed by atoms with Crippen LogP contribution in [0, 0.1) is 5.82 Å². The Kier molecular flexibility index (Phi) is 8.35. The lowest BCUT2D eigenvalue weighted by atomic mass is 10.1. The van der Waals surface area contributed by atoms with Crippen molar-refractivity contribution in [1.29, 1.82) is 0 Å². The van der Waals surface area contributed by atoms with Gasteiger partial charge in [-0.25, -0.2) is 4.39 Å². The lowest BCUT2D eigenvalue weighted by molar-refractivity contribution is 0.431. The van der Waals surface area contributed by atoms with E-state index < -0.39 is 5.82 Å². The molecule has 0 aliphatic carbocycles. The highest BCUT2D eigenvalue weighted by Gasteiger charge is 2.14. The maximum atomic E-state index is 13.5. The van der Waals surface area contributed by atoms with Gasteiger partial charge in [0, 0.05) is 32.4 Å². The number of phenolic OH excluding ortho intramolecular Hbond substituents is 1. The molecule has 1 aliphatic rings. The van der Waals surface area contributed by atoms with Crippen molar-refractivity contribution in [3.63, 3.8) is 0 Å². The molecule has 3 N–H and O–H groups in total. The number of halogens is 2. The Morgan fingerprint density at radius 2 is 1.96 bits per heavy atom. The van der Waals surface area contributed by atoms with Gasteiger partial charge in [-0.3, -0.25) is 4.99 Å². The second-order valence-corrected chi connectivity index (χ2v) is 6.87. The SMILES string of the molecule is CN=C(NCc1ccc(O)c(F)c1)NC(C)c1cccc(N2CCCC2)c1.I. The summed E-state index contributed by atoms with van der Waals surface area (Å²) in [6.45, 7) is 4.75. The first-order valence-electron chi connectivity index (χ1n) is 9.36. The largest absolute Gasteiger partial charge is 0.505 e. The van der Waals surface area contributed by atoms with E-state index in [0.717, 1.165) is 18.7 Å². The van der Waals surface area contributed by atoms with Gasteiger partial charge in [-0.15, -0.1) is 24.0 Å². The third kappa shape index (κ3) is 5.73. The predicted octanol–water partition coefficient (Wildman–Crippen LogP) is 4.18. The maximum absolute atomic E-state index is 13.5. The van der Waals surface area contributed by atoms with Crippen LogP contribution < -0.4 is 15.5 Å². The molecule has 3 rings (SSSR count). The minimum Gasteiger partial charge on any atom is -0.505 e. The lowest BCUT2D eigenvalue weighted by Gasteiger charge is -2.22. The molecule has 0 bridgehead atoms. The standard InChI is InChI=1S/C21H27FN4O.HI/c1-15(17-6-5-7-18(13-17)26-10-3-4-11-26)25-21(23-2)24-14-16-8-9-20(27)19(22)12-16;/h5-9,12-13,15,27H,3-4,10-11,14H2,1-2H3,(H2,23,24,25);1H. The van der Waals surface area contributed by atoms with Crippen molar-refractivity contribution in [2.24, 2.45) is 4.99 Å². The number of nitrogens with one attached hydrogen (secondary N) is 2. The summed E-state index contributed by atoms with van der Waals surface area (Å²) in [4.78, 5) is 6.67. The van der Waals surface area contributed by atoms with Crippen molar-refractivity contribution in [3.8, 4) is 5.75 Å². The van der Waals surface area contributed by atoms with Crippen LogP contribution in [-0.2, 0) is 6.54 Å². The summed E-state index contributed by atoms with van der Waals surface area (Å²) >= 11 is 0. The van der Waals surface area contributed by atoms with Crippen LogP contribution in [0.3, 0.4) is 0 Å². The number of anilines is 1. The second kappa shape index (κ2) is 10.5. The van der Waals surface area contributed by atoms with Crippen molar-refractivity contribution in [2.45, 2.75) is 32.4 Å². The Balaban J connectivity index is 0.00000280. The van der Waals surface area contributed by atoms with E-state index in [0.29, 0.717) is 12.5 Å². The third-order valence-corrected chi connectivity index (χ3v) is 4.89. The van der Waals surface area contributed by atoms with Gasteiger partial charge in [0.25, 0.3) is 0 Å². The Hall–Kier alpha value is -2.03. The van der Waals surface area contributed by atoms with Crippen LogP contribution in [0.25, 0.3) is 0 Å². The molecular formula is C21H28FIN4O. The van der Waals surface area contributed by atoms with Crippen LogP contribution in [0.2, 0.25) is 0 Å². The summed E-state index contributed by atoms with van der Waals surface area (Å²) in [6.07, 6.45) is 2.51. The molecule has 1 aliphatic heterocycles. The van der Waals surface area contributed by atoms with E-state index in [1.165, 1.54) is 36.2 Å². The van der Waals surface area contributed by atoms with Crippen molar-refractivity contribution >= 4 is 35.6 Å². The molecule has 1 unspecified atom stereocenters. The van der Waals surface area contributed by atoms with E-state index in [1.54, 1.807) is 13.1 Å². The van der Waals surface area contributed by atoms with E-state index in [9.17, 15) is 9.50 Å². The zero-order chi connectivity index (χ0) is 19.2. The van der Waals surface area contributed by atoms with E-state index in [-0.39, 0.29) is 35.8 Å². The summed E-state index contributed by atoms with van der Waals surface area (Å²) in [5, 5.41) is 15.8. The molecular weight excluding hydrogens is 470 g/mol. The number of aromatic hydroxyl groups is 1. The van der Waals surface area contributed by atoms with Gasteiger partial charge in [0.05, 0.1) is 6.04 Å². The van der Waals surface area contributed by atoms with Crippen LogP contribution >= 0.6 is 24.0 Å². The zero-order valence-electron chi connectivity index (χ0n) is 16.3. The van der Waals surface area contributed by atoms with Crippen molar-refractivity contribution < 1.29 is 9.50 Å². The van der Waals surface area contributed by atoms with E-state index in [1.807, 2.05) is 0 Å². The minimum absolute atomic E-state index is 0. The fourth-order valence-electron chi connectivity index (χ4n) is 3.30. The van der Waals surface area contributed by atoms with Gasteiger partial charge in [-0.05, 0) is 55.2 Å². The van der Waals surface area contributed by atoms with Crippen LogP contribution in [0.4, 0.5) is 10.1 Å². The van der Waals surface area contributed by atoms with E-state index in [4.69, 9.17) is 0 Å². The molecule has 0 spiro atoms. The molecule has 2 aromatic rings. The van der Waals surface area contributed by atoms with Crippen LogP contribution in [0.1, 0.15) is 36.9 Å². The van der Waals surface area contributed by atoms with E-state index in [2.05, 4.69) is 51.7 Å². The fraction of sp³-hybridized carbons (Fsp3) is 0.381. The quantitative estimate of drug-likeness (QED) is 0.329. The van der Waals surface area contributed by atoms with Gasteiger partial charge in [-0.2, -0.15) is 0 Å². The molecule has 7 heteroatoms. The highest BCUT2D eigenvalue weighted by atomic mass is 127. The predicted molar refractivity (Wildman–Crippen MR) is 123 cm³/mol. The third-order valence-electron chi connectivity index (χ3n) is 4.89. The molecule has 0 aromatic heterocycles. The normalized spacial score (nSPS) is 15.1. The highest BCUT2D eigenvalue weighted by molar-refractivity contribution is 14.0. The summed E-state index contributed by atoms with van der Waals surface area (Å²) in [6, 6.07) is 13.0. The number of phenols is 1. The second-order valence-electron chi connectivity index (χ2n) is 6.87. The molecule has 28 heavy (non-hydrogen) atoms. The maximum Gasteiger partial charge on any atom is 0.191 e. The summed E-state index contributed by atoms with van der Waals surface area (Å²) < 4.78 is 13.5. The monoisotopic (exact) mass is 498 g/mol. The van der Waals surface area contributed by atoms with Crippen LogP contribution in [-0.4, -0.2) is 31.2 Å². The molecule has 0 saturated carbocycles. The molecule has 1 fully saturated rings. The average Bonchev–Trinajstić information content (AvgIpc) is 3.22. The Labute approximate surface area is 183 Å². The first-order chi connectivity index (χ1) is 13.1. The number of rotatable bonds is 5. The molecule has 1 heterocycles. The molecule has 0 radical (unpaired) electrons. The number of guanidine groups is 1. The first kappa shape index (κ1) is 22.3. The molecule has 0 amide bonds. The Morgan fingerprint density at radius 3 is 2.64 bits per heavy atom. The van der Waals surface area contributed by atoms with Crippen molar-refractivity contribution in [2.75, 3.05) is 25.0 Å². The van der Waals surface area contributed by atoms with Gasteiger partial charge in [0.2, 0.25) is 0 Å². The number of hydrogen-bond acceptors (Lipinski definition) is 3. The molecule has 1 atom stereocenters. The summed E-state index contributed by atoms with van der Waals surface area (Å²) in [7, 11) is 1.71. The Bertz CT molecular complexity index is 809. The van der Waals surface area contributed by atoms with E-state index >= 15 is 0 Å². The topological polar surface area (TPSA) is 59.9 Å². The zero-order valence-corrected chi connectivity index (χ0v) is 18.6. The van der Waals surface area contributed by atoms with Gasteiger partial charge in [0.15, 0.2) is 17.5 Å². The van der Waals surface area contributed by atoms with Crippen LogP contribution in [0.5, 0.6) is 5.75 Å². The summed E-state index contributed by atoms with van der Waals surface area (Å²) in [5.41, 5.74) is 3.19. The average molecular weight is 498 g/mol. The molecule has 5 nitrogen and oxygen atoms in total. The Morgan fingerprint density at radius 1 is 1.21 bits per heavy atom.